The van der Waals surface area contributed by atoms with Crippen molar-refractivity contribution in [2.24, 2.45) is 0 Å². The molecular weight excluding hydrogens is 218 g/mol. The van der Waals surface area contributed by atoms with Gasteiger partial charge in [-0.25, -0.2) is 18.6 Å². The first-order chi connectivity index (χ1) is 6.43. The number of hydrogen-bond donors (Lipinski definition) is 2. The van der Waals surface area contributed by atoms with Crippen LogP contribution in [0.5, 0.6) is 0 Å². The van der Waals surface area contributed by atoms with Crippen LogP contribution in [0.25, 0.3) is 0 Å². The van der Waals surface area contributed by atoms with Crippen LogP contribution in [0.4, 0.5) is 14.6 Å². The number of nitrogens with two attached hydrogens (primary N) is 1. The normalized spacial score (nSPS) is 10.6. The van der Waals surface area contributed by atoms with Crippen molar-refractivity contribution in [2.45, 2.75) is 6.43 Å². The monoisotopic (exact) mass is 222 g/mol. The zero-order valence-electron chi connectivity index (χ0n) is 6.67. The minimum atomic E-state index is -2.95. The fourth-order valence-corrected chi connectivity index (χ4v) is 1.22. The minimum Gasteiger partial charge on any atom is -0.478 e. The molecule has 0 radical (unpaired) electrons. The van der Waals surface area contributed by atoms with E-state index < -0.39 is 28.7 Å². The number of pyridine rings is 1. The van der Waals surface area contributed by atoms with E-state index in [-0.39, 0.29) is 5.82 Å². The third-order valence-electron chi connectivity index (χ3n) is 1.47. The van der Waals surface area contributed by atoms with Crippen LogP contribution in [0.15, 0.2) is 6.07 Å². The highest BCUT2D eigenvalue weighted by Gasteiger charge is 2.22. The van der Waals surface area contributed by atoms with Gasteiger partial charge in [0.05, 0.1) is 0 Å². The van der Waals surface area contributed by atoms with Gasteiger partial charge in [0.15, 0.2) is 0 Å². The topological polar surface area (TPSA) is 76.2 Å². The molecule has 76 valence electrons. The molecule has 1 aromatic rings. The molecule has 4 nitrogen and oxygen atoms in total. The van der Waals surface area contributed by atoms with Crippen LogP contribution in [0.1, 0.15) is 22.3 Å². The lowest BCUT2D eigenvalue weighted by Gasteiger charge is -2.06. The van der Waals surface area contributed by atoms with Crippen LogP contribution in [0.3, 0.4) is 0 Å². The van der Waals surface area contributed by atoms with E-state index in [4.69, 9.17) is 22.4 Å². The summed E-state index contributed by atoms with van der Waals surface area (Å²) in [7, 11) is 0. The summed E-state index contributed by atoms with van der Waals surface area (Å²) < 4.78 is 24.7. The van der Waals surface area contributed by atoms with Crippen LogP contribution < -0.4 is 5.73 Å². The van der Waals surface area contributed by atoms with E-state index in [1.165, 1.54) is 0 Å². The van der Waals surface area contributed by atoms with Gasteiger partial charge in [0.25, 0.3) is 6.43 Å². The summed E-state index contributed by atoms with van der Waals surface area (Å²) in [5.74, 6) is -1.80. The van der Waals surface area contributed by atoms with E-state index >= 15 is 0 Å². The van der Waals surface area contributed by atoms with E-state index in [1.807, 2.05) is 0 Å². The molecular formula is C7H5ClF2N2O2. The Morgan fingerprint density at radius 1 is 1.64 bits per heavy atom. The second kappa shape index (κ2) is 3.75. The zero-order chi connectivity index (χ0) is 10.9. The number of aromatic nitrogens is 1. The molecule has 0 aliphatic rings. The van der Waals surface area contributed by atoms with Crippen molar-refractivity contribution in [1.82, 2.24) is 4.98 Å². The van der Waals surface area contributed by atoms with Gasteiger partial charge in [0, 0.05) is 5.56 Å². The van der Waals surface area contributed by atoms with Gasteiger partial charge in [-0.15, -0.1) is 0 Å². The quantitative estimate of drug-likeness (QED) is 0.750. The third kappa shape index (κ3) is 1.90. The van der Waals surface area contributed by atoms with Gasteiger partial charge in [0.1, 0.15) is 16.5 Å². The number of anilines is 1. The number of carbonyl (C=O) groups is 1. The molecule has 1 rings (SSSR count). The molecule has 0 spiro atoms. The molecule has 0 saturated heterocycles. The Labute approximate surface area is 82.3 Å². The SMILES string of the molecule is Nc1cc(C(F)F)c(C(=O)O)c(Cl)n1. The first-order valence-electron chi connectivity index (χ1n) is 3.41. The highest BCUT2D eigenvalue weighted by molar-refractivity contribution is 6.32. The van der Waals surface area contributed by atoms with Gasteiger partial charge in [-0.2, -0.15) is 0 Å². The zero-order valence-corrected chi connectivity index (χ0v) is 7.42. The maximum Gasteiger partial charge on any atom is 0.339 e. The number of carboxylic acid groups (broad SMARTS) is 1. The van der Waals surface area contributed by atoms with Gasteiger partial charge in [0.2, 0.25) is 0 Å². The summed E-state index contributed by atoms with van der Waals surface area (Å²) in [6, 6.07) is 0.792. The molecule has 14 heavy (non-hydrogen) atoms. The molecule has 0 bridgehead atoms. The lowest BCUT2D eigenvalue weighted by Crippen LogP contribution is -2.07. The van der Waals surface area contributed by atoms with E-state index in [0.717, 1.165) is 6.07 Å². The summed E-state index contributed by atoms with van der Waals surface area (Å²) >= 11 is 5.37. The smallest absolute Gasteiger partial charge is 0.339 e. The van der Waals surface area contributed by atoms with E-state index in [0.29, 0.717) is 0 Å². The predicted octanol–water partition coefficient (Wildman–Crippen LogP) is 1.95. The van der Waals surface area contributed by atoms with Gasteiger partial charge in [-0.3, -0.25) is 0 Å². The van der Waals surface area contributed by atoms with Crippen LogP contribution in [0.2, 0.25) is 5.15 Å². The molecule has 0 aromatic carbocycles. The lowest BCUT2D eigenvalue weighted by atomic mass is 10.1. The van der Waals surface area contributed by atoms with Crippen molar-refractivity contribution in [1.29, 1.82) is 0 Å². The molecule has 0 amide bonds. The van der Waals surface area contributed by atoms with Gasteiger partial charge in [-0.1, -0.05) is 11.6 Å². The Bertz CT molecular complexity index is 384. The molecule has 0 unspecified atom stereocenters. The third-order valence-corrected chi connectivity index (χ3v) is 1.75. The Morgan fingerprint density at radius 3 is 2.64 bits per heavy atom. The maximum atomic E-state index is 12.3. The van der Waals surface area contributed by atoms with E-state index in [9.17, 15) is 13.6 Å². The van der Waals surface area contributed by atoms with Crippen LogP contribution >= 0.6 is 11.6 Å². The maximum absolute atomic E-state index is 12.3. The molecule has 3 N–H and O–H groups in total. The summed E-state index contributed by atoms with van der Waals surface area (Å²) in [6.07, 6.45) is -2.95. The molecule has 0 aliphatic heterocycles. The number of hydrogen-bond acceptors (Lipinski definition) is 3. The predicted molar refractivity (Wildman–Crippen MR) is 45.6 cm³/mol. The Morgan fingerprint density at radius 2 is 2.21 bits per heavy atom. The Kier molecular flexibility index (Phi) is 2.85. The second-order valence-electron chi connectivity index (χ2n) is 2.41. The average molecular weight is 223 g/mol. The average Bonchev–Trinajstić information content (AvgIpc) is 2.01. The summed E-state index contributed by atoms with van der Waals surface area (Å²) in [6.45, 7) is 0. The Hall–Kier alpha value is -1.43. The van der Waals surface area contributed by atoms with Crippen molar-refractivity contribution >= 4 is 23.4 Å². The van der Waals surface area contributed by atoms with Crippen LogP contribution in [0, 0.1) is 0 Å². The lowest BCUT2D eigenvalue weighted by molar-refractivity contribution is 0.0684. The molecule has 0 aliphatic carbocycles. The molecule has 0 fully saturated rings. The minimum absolute atomic E-state index is 0.240. The number of nitrogens with zero attached hydrogens (tertiary/aromatic N) is 1. The van der Waals surface area contributed by atoms with Gasteiger partial charge >= 0.3 is 5.97 Å². The summed E-state index contributed by atoms with van der Waals surface area (Å²) in [5.41, 5.74) is 3.71. The van der Waals surface area contributed by atoms with Crippen LogP contribution in [-0.4, -0.2) is 16.1 Å². The molecule has 1 aromatic heterocycles. The molecule has 0 saturated carbocycles. The van der Waals surface area contributed by atoms with Crippen molar-refractivity contribution in [3.05, 3.63) is 22.3 Å². The van der Waals surface area contributed by atoms with Crippen molar-refractivity contribution in [2.75, 3.05) is 5.73 Å². The van der Waals surface area contributed by atoms with Gasteiger partial charge in [-0.05, 0) is 6.07 Å². The number of halogens is 3. The Balaban J connectivity index is 3.44. The largest absolute Gasteiger partial charge is 0.478 e. The summed E-state index contributed by atoms with van der Waals surface area (Å²) in [5, 5.41) is 8.05. The van der Waals surface area contributed by atoms with Crippen LogP contribution in [-0.2, 0) is 0 Å². The van der Waals surface area contributed by atoms with E-state index in [2.05, 4.69) is 4.98 Å². The molecule has 0 atom stereocenters. The summed E-state index contributed by atoms with van der Waals surface area (Å²) in [4.78, 5) is 13.9. The number of alkyl halides is 2. The fraction of sp³-hybridized carbons (Fsp3) is 0.143. The highest BCUT2D eigenvalue weighted by Crippen LogP contribution is 2.28. The van der Waals surface area contributed by atoms with Crippen molar-refractivity contribution in [3.8, 4) is 0 Å². The first-order valence-corrected chi connectivity index (χ1v) is 3.78. The van der Waals surface area contributed by atoms with Gasteiger partial charge < -0.3 is 10.8 Å². The molecule has 7 heteroatoms. The van der Waals surface area contributed by atoms with Crippen molar-refractivity contribution < 1.29 is 18.7 Å². The number of carboxylic acids is 1. The number of rotatable bonds is 2. The molecule has 1 heterocycles. The van der Waals surface area contributed by atoms with E-state index in [1.54, 1.807) is 0 Å². The number of nitrogen functional groups attached to an aromatic ring is 1. The first kappa shape index (κ1) is 10.6. The standard InChI is InChI=1S/C7H5ClF2N2O2/c8-5-4(7(13)14)2(6(9)10)1-3(11)12-5/h1,6H,(H2,11,12)(H,13,14). The van der Waals surface area contributed by atoms with Crippen molar-refractivity contribution in [3.63, 3.8) is 0 Å². The second-order valence-corrected chi connectivity index (χ2v) is 2.77. The number of aromatic carboxylic acids is 1. The fourth-order valence-electron chi connectivity index (χ4n) is 0.936. The highest BCUT2D eigenvalue weighted by atomic mass is 35.5.